The number of amides is 1. The minimum Gasteiger partial charge on any atom is -0.468 e. The third kappa shape index (κ3) is 5.45. The van der Waals surface area contributed by atoms with E-state index in [4.69, 9.17) is 11.6 Å². The minimum atomic E-state index is -4.44. The Morgan fingerprint density at radius 2 is 1.96 bits per heavy atom. The van der Waals surface area contributed by atoms with Gasteiger partial charge in [0.1, 0.15) is 0 Å². The van der Waals surface area contributed by atoms with Crippen molar-refractivity contribution >= 4 is 17.5 Å². The summed E-state index contributed by atoms with van der Waals surface area (Å²) in [6.07, 6.45) is -3.29. The van der Waals surface area contributed by atoms with E-state index in [-0.39, 0.29) is 18.0 Å². The van der Waals surface area contributed by atoms with Crippen LogP contribution in [0.3, 0.4) is 0 Å². The molecular weight excluding hydrogens is 333 g/mol. The second kappa shape index (κ2) is 7.32. The highest BCUT2D eigenvalue weighted by molar-refractivity contribution is 6.31. The quantitative estimate of drug-likeness (QED) is 0.901. The Balaban J connectivity index is 1.91. The monoisotopic (exact) mass is 344 g/mol. The van der Waals surface area contributed by atoms with Gasteiger partial charge in [0.25, 0.3) is 5.91 Å². The number of carbonyl (C=O) groups is 1. The van der Waals surface area contributed by atoms with E-state index in [2.05, 4.69) is 15.0 Å². The van der Waals surface area contributed by atoms with E-state index in [0.717, 1.165) is 11.8 Å². The van der Waals surface area contributed by atoms with E-state index in [1.165, 1.54) is 12.1 Å². The van der Waals surface area contributed by atoms with Crippen molar-refractivity contribution in [2.24, 2.45) is 0 Å². The van der Waals surface area contributed by atoms with E-state index >= 15 is 0 Å². The smallest absolute Gasteiger partial charge is 0.422 e. The number of halogens is 4. The van der Waals surface area contributed by atoms with Crippen LogP contribution in [0.2, 0.25) is 5.02 Å². The number of benzene rings is 1. The Kier molecular flexibility index (Phi) is 5.44. The third-order valence-corrected chi connectivity index (χ3v) is 3.15. The number of pyridine rings is 1. The van der Waals surface area contributed by atoms with Gasteiger partial charge in [-0.2, -0.15) is 13.2 Å². The fraction of sp³-hybridized carbons (Fsp3) is 0.200. The molecule has 0 saturated heterocycles. The van der Waals surface area contributed by atoms with Gasteiger partial charge < -0.3 is 10.1 Å². The van der Waals surface area contributed by atoms with Crippen LogP contribution in [0, 0.1) is 0 Å². The second-order valence-corrected chi connectivity index (χ2v) is 4.97. The maximum Gasteiger partial charge on any atom is 0.422 e. The Morgan fingerprint density at radius 1 is 1.22 bits per heavy atom. The van der Waals surface area contributed by atoms with Crippen molar-refractivity contribution in [1.82, 2.24) is 10.3 Å². The molecule has 23 heavy (non-hydrogen) atoms. The first-order valence-electron chi connectivity index (χ1n) is 6.52. The molecule has 1 N–H and O–H groups in total. The number of rotatable bonds is 5. The van der Waals surface area contributed by atoms with Crippen molar-refractivity contribution in [3.63, 3.8) is 0 Å². The van der Waals surface area contributed by atoms with Gasteiger partial charge in [0.2, 0.25) is 5.88 Å². The van der Waals surface area contributed by atoms with Gasteiger partial charge in [0, 0.05) is 23.8 Å². The van der Waals surface area contributed by atoms with Crippen LogP contribution in [0.25, 0.3) is 0 Å². The van der Waals surface area contributed by atoms with Crippen molar-refractivity contribution in [1.29, 1.82) is 0 Å². The van der Waals surface area contributed by atoms with Crippen molar-refractivity contribution < 1.29 is 22.7 Å². The number of hydrogen-bond acceptors (Lipinski definition) is 3. The molecule has 1 aromatic carbocycles. The van der Waals surface area contributed by atoms with Crippen molar-refractivity contribution in [2.75, 3.05) is 6.61 Å². The van der Waals surface area contributed by atoms with Gasteiger partial charge in [-0.25, -0.2) is 4.98 Å². The normalized spacial score (nSPS) is 11.1. The highest BCUT2D eigenvalue weighted by Gasteiger charge is 2.28. The first kappa shape index (κ1) is 17.1. The van der Waals surface area contributed by atoms with Crippen LogP contribution < -0.4 is 10.1 Å². The Morgan fingerprint density at radius 3 is 2.57 bits per heavy atom. The van der Waals surface area contributed by atoms with E-state index < -0.39 is 18.7 Å². The standard InChI is InChI=1S/C15H12ClF3N2O2/c16-12-4-2-1-3-10(12)7-21-14(22)11-5-6-13(20-8-11)23-9-15(17,18)19/h1-6,8H,7,9H2,(H,21,22). The zero-order chi connectivity index (χ0) is 16.9. The van der Waals surface area contributed by atoms with Crippen molar-refractivity contribution in [2.45, 2.75) is 12.7 Å². The predicted molar refractivity (Wildman–Crippen MR) is 78.4 cm³/mol. The van der Waals surface area contributed by atoms with Gasteiger partial charge in [-0.15, -0.1) is 0 Å². The molecule has 4 nitrogen and oxygen atoms in total. The number of alkyl halides is 3. The summed E-state index contributed by atoms with van der Waals surface area (Å²) in [6.45, 7) is -1.21. The maximum absolute atomic E-state index is 12.0. The second-order valence-electron chi connectivity index (χ2n) is 4.56. The van der Waals surface area contributed by atoms with Crippen molar-refractivity contribution in [3.05, 3.63) is 58.7 Å². The molecule has 1 amide bonds. The Labute approximate surface area is 135 Å². The molecule has 1 heterocycles. The zero-order valence-electron chi connectivity index (χ0n) is 11.7. The van der Waals surface area contributed by atoms with E-state index in [1.807, 2.05) is 0 Å². The van der Waals surface area contributed by atoms with Crippen LogP contribution in [-0.4, -0.2) is 23.7 Å². The number of hydrogen-bond donors (Lipinski definition) is 1. The molecule has 1 aromatic heterocycles. The molecule has 0 unspecified atom stereocenters. The molecule has 0 aliphatic rings. The minimum absolute atomic E-state index is 0.204. The maximum atomic E-state index is 12.0. The van der Waals surface area contributed by atoms with Gasteiger partial charge in [-0.1, -0.05) is 29.8 Å². The molecule has 122 valence electrons. The number of nitrogens with one attached hydrogen (secondary N) is 1. The lowest BCUT2D eigenvalue weighted by Crippen LogP contribution is -2.23. The zero-order valence-corrected chi connectivity index (χ0v) is 12.5. The van der Waals surface area contributed by atoms with Crippen LogP contribution in [0.1, 0.15) is 15.9 Å². The van der Waals surface area contributed by atoms with Crippen LogP contribution in [0.15, 0.2) is 42.6 Å². The van der Waals surface area contributed by atoms with Crippen LogP contribution in [0.4, 0.5) is 13.2 Å². The molecule has 0 atom stereocenters. The van der Waals surface area contributed by atoms with Gasteiger partial charge in [0.15, 0.2) is 6.61 Å². The molecule has 8 heteroatoms. The molecule has 0 bridgehead atoms. The molecular formula is C15H12ClF3N2O2. The molecule has 0 aliphatic heterocycles. The fourth-order valence-electron chi connectivity index (χ4n) is 1.68. The molecule has 0 spiro atoms. The average Bonchev–Trinajstić information content (AvgIpc) is 2.52. The molecule has 2 aromatic rings. The lowest BCUT2D eigenvalue weighted by molar-refractivity contribution is -0.154. The Bertz CT molecular complexity index is 675. The summed E-state index contributed by atoms with van der Waals surface area (Å²) in [5.41, 5.74) is 0.956. The lowest BCUT2D eigenvalue weighted by Gasteiger charge is -2.09. The molecule has 0 aliphatic carbocycles. The molecule has 0 fully saturated rings. The largest absolute Gasteiger partial charge is 0.468 e. The summed E-state index contributed by atoms with van der Waals surface area (Å²) in [6, 6.07) is 9.59. The van der Waals surface area contributed by atoms with E-state index in [9.17, 15) is 18.0 Å². The third-order valence-electron chi connectivity index (χ3n) is 2.78. The summed E-state index contributed by atoms with van der Waals surface area (Å²) in [5, 5.41) is 3.18. The topological polar surface area (TPSA) is 51.2 Å². The van der Waals surface area contributed by atoms with Crippen molar-refractivity contribution in [3.8, 4) is 5.88 Å². The van der Waals surface area contributed by atoms with E-state index in [1.54, 1.807) is 24.3 Å². The average molecular weight is 345 g/mol. The van der Waals surface area contributed by atoms with Gasteiger partial charge >= 0.3 is 6.18 Å². The SMILES string of the molecule is O=C(NCc1ccccc1Cl)c1ccc(OCC(F)(F)F)nc1. The van der Waals surface area contributed by atoms with Gasteiger partial charge in [0.05, 0.1) is 5.56 Å². The molecule has 0 saturated carbocycles. The summed E-state index contributed by atoms with van der Waals surface area (Å²) in [5.74, 6) is -0.621. The lowest BCUT2D eigenvalue weighted by atomic mass is 10.2. The molecule has 0 radical (unpaired) electrons. The highest BCUT2D eigenvalue weighted by atomic mass is 35.5. The Hall–Kier alpha value is -2.28. The summed E-state index contributed by atoms with van der Waals surface area (Å²) >= 11 is 5.97. The predicted octanol–water partition coefficient (Wildman–Crippen LogP) is 3.61. The first-order chi connectivity index (χ1) is 10.8. The van der Waals surface area contributed by atoms with E-state index in [0.29, 0.717) is 5.02 Å². The van der Waals surface area contributed by atoms with Crippen LogP contribution in [-0.2, 0) is 6.54 Å². The summed E-state index contributed by atoms with van der Waals surface area (Å²) < 4.78 is 40.5. The summed E-state index contributed by atoms with van der Waals surface area (Å²) in [7, 11) is 0. The van der Waals surface area contributed by atoms with Gasteiger partial charge in [-0.3, -0.25) is 4.79 Å². The number of carbonyl (C=O) groups excluding carboxylic acids is 1. The highest BCUT2D eigenvalue weighted by Crippen LogP contribution is 2.17. The molecule has 2 rings (SSSR count). The fourth-order valence-corrected chi connectivity index (χ4v) is 1.88. The summed E-state index contributed by atoms with van der Waals surface area (Å²) in [4.78, 5) is 15.6. The van der Waals surface area contributed by atoms with Crippen LogP contribution >= 0.6 is 11.6 Å². The number of ether oxygens (including phenoxy) is 1. The first-order valence-corrected chi connectivity index (χ1v) is 6.90. The number of nitrogens with zero attached hydrogens (tertiary/aromatic N) is 1. The van der Waals surface area contributed by atoms with Crippen LogP contribution in [0.5, 0.6) is 5.88 Å². The number of aromatic nitrogens is 1. The van der Waals surface area contributed by atoms with Gasteiger partial charge in [-0.05, 0) is 17.7 Å².